The second-order valence-corrected chi connectivity index (χ2v) is 1.68. The van der Waals surface area contributed by atoms with Crippen molar-refractivity contribution in [3.8, 4) is 0 Å². The summed E-state index contributed by atoms with van der Waals surface area (Å²) in [6, 6.07) is 0. The van der Waals surface area contributed by atoms with Gasteiger partial charge in [-0.05, 0) is 5.92 Å². The van der Waals surface area contributed by atoms with E-state index < -0.39 is 0 Å². The summed E-state index contributed by atoms with van der Waals surface area (Å²) < 4.78 is 0. The van der Waals surface area contributed by atoms with Crippen LogP contribution in [0.15, 0.2) is 0 Å². The van der Waals surface area contributed by atoms with Gasteiger partial charge in [-0.15, -0.1) is 0 Å². The molecular formula is C5H14IN. The van der Waals surface area contributed by atoms with Gasteiger partial charge in [-0.25, -0.2) is 0 Å². The summed E-state index contributed by atoms with van der Waals surface area (Å²) >= 11 is 0. The molecule has 0 radical (unpaired) electrons. The van der Waals surface area contributed by atoms with Crippen LogP contribution in [0.4, 0.5) is 0 Å². The van der Waals surface area contributed by atoms with Gasteiger partial charge in [-0.1, -0.05) is 19.8 Å². The molecule has 0 heterocycles. The van der Waals surface area contributed by atoms with E-state index in [1.807, 2.05) is 0 Å². The second-order valence-electron chi connectivity index (χ2n) is 1.68. The Balaban J connectivity index is 0. The molecule has 3 N–H and O–H groups in total. The van der Waals surface area contributed by atoms with Gasteiger partial charge >= 0.3 is 0 Å². The van der Waals surface area contributed by atoms with Crippen LogP contribution in [0.3, 0.4) is 0 Å². The predicted molar refractivity (Wildman–Crippen MR) is 27.2 cm³/mol. The van der Waals surface area contributed by atoms with Gasteiger partial charge in [0.05, 0.1) is 7.05 Å². The van der Waals surface area contributed by atoms with Gasteiger partial charge in [0.1, 0.15) is 0 Å². The molecule has 1 fully saturated rings. The molecule has 0 atom stereocenters. The lowest BCUT2D eigenvalue weighted by molar-refractivity contribution is -0.325. The molecule has 1 nitrogen and oxygen atoms in total. The zero-order chi connectivity index (χ0) is 4.99. The highest BCUT2D eigenvalue weighted by Gasteiger charge is 2.12. The molecule has 1 aliphatic rings. The average molecular weight is 215 g/mol. The SMILES string of the molecule is CC1CC1.C[NH3+].[I-]. The van der Waals surface area contributed by atoms with Crippen LogP contribution in [-0.2, 0) is 0 Å². The van der Waals surface area contributed by atoms with Crippen molar-refractivity contribution >= 4 is 0 Å². The van der Waals surface area contributed by atoms with Gasteiger partial charge < -0.3 is 29.7 Å². The summed E-state index contributed by atoms with van der Waals surface area (Å²) in [5.41, 5.74) is 3.25. The summed E-state index contributed by atoms with van der Waals surface area (Å²) in [6.07, 6.45) is 2.97. The zero-order valence-corrected chi connectivity index (χ0v) is 7.23. The third-order valence-electron chi connectivity index (χ3n) is 0.866. The molecule has 1 saturated carbocycles. The second kappa shape index (κ2) is 6.69. The van der Waals surface area contributed by atoms with Crippen LogP contribution in [0.2, 0.25) is 0 Å². The Morgan fingerprint density at radius 3 is 1.43 bits per heavy atom. The fourth-order valence-electron chi connectivity index (χ4n) is 0.167. The van der Waals surface area contributed by atoms with E-state index in [1.54, 1.807) is 7.05 Å². The molecule has 46 valence electrons. The van der Waals surface area contributed by atoms with Crippen molar-refractivity contribution < 1.29 is 29.7 Å². The van der Waals surface area contributed by atoms with Crippen molar-refractivity contribution in [1.29, 1.82) is 0 Å². The highest BCUT2D eigenvalue weighted by atomic mass is 127. The summed E-state index contributed by atoms with van der Waals surface area (Å²) in [6.45, 7) is 2.28. The molecule has 0 spiro atoms. The number of rotatable bonds is 0. The van der Waals surface area contributed by atoms with Gasteiger partial charge in [-0.2, -0.15) is 0 Å². The number of halogens is 1. The maximum atomic E-state index is 3.25. The van der Waals surface area contributed by atoms with E-state index >= 15 is 0 Å². The molecule has 0 saturated heterocycles. The van der Waals surface area contributed by atoms with Crippen molar-refractivity contribution in [1.82, 2.24) is 0 Å². The third kappa shape index (κ3) is 10.8. The molecule has 0 bridgehead atoms. The summed E-state index contributed by atoms with van der Waals surface area (Å²) in [7, 11) is 1.75. The van der Waals surface area contributed by atoms with E-state index in [0.29, 0.717) is 0 Å². The molecule has 0 amide bonds. The Morgan fingerprint density at radius 1 is 1.29 bits per heavy atom. The number of hydrogen-bond donors (Lipinski definition) is 1. The molecule has 2 heteroatoms. The van der Waals surface area contributed by atoms with Crippen LogP contribution in [0, 0.1) is 5.92 Å². The van der Waals surface area contributed by atoms with Crippen LogP contribution in [-0.4, -0.2) is 7.05 Å². The first kappa shape index (κ1) is 10.6. The summed E-state index contributed by atoms with van der Waals surface area (Å²) in [5.74, 6) is 1.08. The Bertz CT molecular complexity index is 27.3. The average Bonchev–Trinajstić information content (AvgIpc) is 2.30. The van der Waals surface area contributed by atoms with Crippen molar-refractivity contribution in [2.75, 3.05) is 7.05 Å². The molecular weight excluding hydrogens is 201 g/mol. The van der Waals surface area contributed by atoms with E-state index in [1.165, 1.54) is 12.8 Å². The van der Waals surface area contributed by atoms with Crippen LogP contribution < -0.4 is 29.7 Å². The van der Waals surface area contributed by atoms with Crippen LogP contribution in [0.5, 0.6) is 0 Å². The monoisotopic (exact) mass is 215 g/mol. The van der Waals surface area contributed by atoms with Crippen molar-refractivity contribution in [3.63, 3.8) is 0 Å². The normalized spacial score (nSPS) is 15.9. The first-order chi connectivity index (χ1) is 2.89. The zero-order valence-electron chi connectivity index (χ0n) is 5.08. The van der Waals surface area contributed by atoms with Gasteiger partial charge in [0, 0.05) is 0 Å². The van der Waals surface area contributed by atoms with E-state index in [2.05, 4.69) is 12.7 Å². The Labute approximate surface area is 62.7 Å². The van der Waals surface area contributed by atoms with Crippen LogP contribution in [0.1, 0.15) is 19.8 Å². The lowest BCUT2D eigenvalue weighted by atomic mass is 10.5. The lowest BCUT2D eigenvalue weighted by Gasteiger charge is -1.53. The lowest BCUT2D eigenvalue weighted by Crippen LogP contribution is -3.00. The largest absolute Gasteiger partial charge is 1.00 e. The van der Waals surface area contributed by atoms with Crippen LogP contribution >= 0.6 is 0 Å². The molecule has 1 aliphatic carbocycles. The van der Waals surface area contributed by atoms with Gasteiger partial charge in [0.25, 0.3) is 0 Å². The first-order valence-corrected chi connectivity index (χ1v) is 2.60. The maximum Gasteiger partial charge on any atom is 0.0634 e. The van der Waals surface area contributed by atoms with Crippen molar-refractivity contribution in [2.45, 2.75) is 19.8 Å². The standard InChI is InChI=1S/C4H8.CH5N.HI/c1-4-2-3-4;1-2;/h4H,2-3H2,1H3;2H2,1H3;1H. The summed E-state index contributed by atoms with van der Waals surface area (Å²) in [4.78, 5) is 0. The number of quaternary nitrogens is 1. The molecule has 0 unspecified atom stereocenters. The first-order valence-electron chi connectivity index (χ1n) is 2.60. The molecule has 0 aromatic rings. The Hall–Kier alpha value is 0.690. The Kier molecular flexibility index (Phi) is 10.2. The molecule has 0 aromatic heterocycles. The highest BCUT2D eigenvalue weighted by molar-refractivity contribution is 4.65. The minimum atomic E-state index is 0. The fourth-order valence-corrected chi connectivity index (χ4v) is 0.167. The topological polar surface area (TPSA) is 27.6 Å². The number of hydrogen-bond acceptors (Lipinski definition) is 0. The van der Waals surface area contributed by atoms with E-state index in [4.69, 9.17) is 0 Å². The smallest absolute Gasteiger partial charge is 0.0634 e. The third-order valence-corrected chi connectivity index (χ3v) is 0.866. The molecule has 0 aromatic carbocycles. The van der Waals surface area contributed by atoms with Gasteiger partial charge in [-0.3, -0.25) is 0 Å². The Morgan fingerprint density at radius 2 is 1.43 bits per heavy atom. The minimum absolute atomic E-state index is 0. The fraction of sp³-hybridized carbons (Fsp3) is 1.00. The van der Waals surface area contributed by atoms with Crippen LogP contribution in [0.25, 0.3) is 0 Å². The quantitative estimate of drug-likeness (QED) is 0.425. The molecule has 7 heavy (non-hydrogen) atoms. The minimum Gasteiger partial charge on any atom is -1.00 e. The van der Waals surface area contributed by atoms with E-state index in [-0.39, 0.29) is 24.0 Å². The molecule has 1 rings (SSSR count). The summed E-state index contributed by atoms with van der Waals surface area (Å²) in [5, 5.41) is 0. The van der Waals surface area contributed by atoms with Crippen molar-refractivity contribution in [3.05, 3.63) is 0 Å². The van der Waals surface area contributed by atoms with Crippen molar-refractivity contribution in [2.24, 2.45) is 5.92 Å². The van der Waals surface area contributed by atoms with Gasteiger partial charge in [0.15, 0.2) is 0 Å². The highest BCUT2D eigenvalue weighted by Crippen LogP contribution is 2.26. The van der Waals surface area contributed by atoms with E-state index in [9.17, 15) is 0 Å². The van der Waals surface area contributed by atoms with Gasteiger partial charge in [0.2, 0.25) is 0 Å². The predicted octanol–water partition coefficient (Wildman–Crippen LogP) is -2.72. The molecule has 0 aliphatic heterocycles. The van der Waals surface area contributed by atoms with E-state index in [0.717, 1.165) is 5.92 Å². The maximum absolute atomic E-state index is 3.25.